The van der Waals surface area contributed by atoms with Crippen molar-refractivity contribution in [3.63, 3.8) is 0 Å². The molecule has 54 heavy (non-hydrogen) atoms. The van der Waals surface area contributed by atoms with Gasteiger partial charge in [-0.05, 0) is 25.2 Å². The standard InChI is InChI=1S/C11H15N5O4.2C9H12N2O5S/c1-4-14-9(12)6-10(15-4)16(3-13-6)11-8(19)7(18)5(2-17)20-11;12-3-4-6(13)7(14)8(16-4)11-2-1-5(17)10-9(11)15;12-3-4-6(14)7(15)8(16-4)11-2-1-5(13)10-9(11)17/h3,5,7-8,11,17-19H,2H2,1H3,(H2,12,14,15);1-2,4,6-8,12-14H,3H2,(H,10,15,17);1-2,4,6-8,12,14-15H,3H2,(H,10,13,17)/t5-,7-,8-,11-;2*4-,6-,7-,8-/m111/s1. The van der Waals surface area contributed by atoms with Crippen molar-refractivity contribution in [2.75, 3.05) is 25.6 Å². The summed E-state index contributed by atoms with van der Waals surface area (Å²) >= 11 is 9.69. The number of H-pyrrole nitrogens is 2. The van der Waals surface area contributed by atoms with Gasteiger partial charge in [0.15, 0.2) is 34.9 Å². The smallest absolute Gasteiger partial charge is 0.328 e. The van der Waals surface area contributed by atoms with E-state index in [1.54, 1.807) is 6.92 Å². The van der Waals surface area contributed by atoms with E-state index in [2.05, 4.69) is 24.9 Å². The number of anilines is 1. The molecule has 0 saturated carbocycles. The van der Waals surface area contributed by atoms with E-state index in [1.165, 1.54) is 40.0 Å². The Morgan fingerprint density at radius 2 is 1.20 bits per heavy atom. The molecule has 4 aromatic heterocycles. The Balaban J connectivity index is 0.000000157. The van der Waals surface area contributed by atoms with Gasteiger partial charge in [0.2, 0.25) is 0 Å². The zero-order valence-electron chi connectivity index (χ0n) is 28.1. The van der Waals surface area contributed by atoms with Gasteiger partial charge in [0.1, 0.15) is 70.9 Å². The van der Waals surface area contributed by atoms with Crippen LogP contribution in [0.4, 0.5) is 5.82 Å². The molecule has 3 saturated heterocycles. The highest BCUT2D eigenvalue weighted by molar-refractivity contribution is 7.71. The Bertz CT molecular complexity index is 2050. The monoisotopic (exact) mass is 801 g/mol. The number of nitrogen functional groups attached to an aromatic ring is 1. The maximum Gasteiger partial charge on any atom is 0.328 e. The van der Waals surface area contributed by atoms with Gasteiger partial charge in [-0.1, -0.05) is 12.2 Å². The molecule has 0 unspecified atom stereocenters. The second kappa shape index (κ2) is 17.3. The molecule has 296 valence electrons. The lowest BCUT2D eigenvalue weighted by atomic mass is 10.1. The second-order valence-electron chi connectivity index (χ2n) is 12.2. The minimum atomic E-state index is -1.28. The number of aromatic amines is 2. The highest BCUT2D eigenvalue weighted by Gasteiger charge is 2.45. The van der Waals surface area contributed by atoms with E-state index in [4.69, 9.17) is 59.7 Å². The number of rotatable bonds is 6. The number of nitrogens with zero attached hydrogens (tertiary/aromatic N) is 6. The summed E-state index contributed by atoms with van der Waals surface area (Å²) in [5.41, 5.74) is 5.66. The number of ether oxygens (including phenoxy) is 3. The minimum Gasteiger partial charge on any atom is -0.394 e. The first-order valence-corrected chi connectivity index (χ1v) is 16.9. The fourth-order valence-corrected chi connectivity index (χ4v) is 6.24. The van der Waals surface area contributed by atoms with E-state index >= 15 is 0 Å². The van der Waals surface area contributed by atoms with Crippen LogP contribution in [-0.4, -0.2) is 159 Å². The normalized spacial score (nSPS) is 31.9. The van der Waals surface area contributed by atoms with Crippen LogP contribution in [0.15, 0.2) is 40.4 Å². The molecule has 0 radical (unpaired) electrons. The number of imidazole rings is 1. The molecule has 7 rings (SSSR count). The van der Waals surface area contributed by atoms with Crippen LogP contribution in [0.1, 0.15) is 24.5 Å². The summed E-state index contributed by atoms with van der Waals surface area (Å²) in [5.74, 6) is 0.696. The number of aryl methyl sites for hydroxylation is 1. The van der Waals surface area contributed by atoms with Crippen molar-refractivity contribution in [3.05, 3.63) is 66.9 Å². The van der Waals surface area contributed by atoms with Crippen molar-refractivity contribution in [2.24, 2.45) is 0 Å². The molecule has 0 aliphatic carbocycles. The number of aromatic nitrogens is 8. The van der Waals surface area contributed by atoms with Crippen LogP contribution in [0.3, 0.4) is 0 Å². The quantitative estimate of drug-likeness (QED) is 0.0816. The van der Waals surface area contributed by atoms with Gasteiger partial charge in [0, 0.05) is 18.5 Å². The Kier molecular flexibility index (Phi) is 13.2. The number of nitrogens with one attached hydrogen (secondary N) is 2. The molecule has 0 aromatic carbocycles. The molecule has 4 aromatic rings. The Morgan fingerprint density at radius 1 is 0.722 bits per heavy atom. The SMILES string of the molecule is Cc1nc(N)c2ncn([C@@H]3O[C@H](CO)[C@@H](O)[C@H]3O)c2n1.O=c1[nH]c(=S)ccn1[C@@H]1O[C@H](CO)[C@@H](O)[C@H]1O.O=c1ccn([C@@H]2O[C@H](CO)[C@@H](O)[C@H]2O)c(=S)[nH]1. The van der Waals surface area contributed by atoms with Gasteiger partial charge in [0.25, 0.3) is 5.56 Å². The lowest BCUT2D eigenvalue weighted by Crippen LogP contribution is -2.35. The van der Waals surface area contributed by atoms with Crippen molar-refractivity contribution in [1.82, 2.24) is 38.6 Å². The Morgan fingerprint density at radius 3 is 1.67 bits per heavy atom. The fourth-order valence-electron chi connectivity index (χ4n) is 5.82. The van der Waals surface area contributed by atoms with Gasteiger partial charge in [-0.3, -0.25) is 28.5 Å². The van der Waals surface area contributed by atoms with Crippen molar-refractivity contribution in [2.45, 2.75) is 80.5 Å². The number of hydrogen-bond donors (Lipinski definition) is 12. The minimum absolute atomic E-state index is 0.0762. The molecule has 0 amide bonds. The molecule has 13 N–H and O–H groups in total. The van der Waals surface area contributed by atoms with Gasteiger partial charge >= 0.3 is 5.69 Å². The summed E-state index contributed by atoms with van der Waals surface area (Å²) in [6.45, 7) is 0.444. The summed E-state index contributed by atoms with van der Waals surface area (Å²) in [5, 5.41) is 85.4. The average Bonchev–Trinajstić information content (AvgIpc) is 3.85. The second-order valence-corrected chi connectivity index (χ2v) is 13.0. The van der Waals surface area contributed by atoms with E-state index < -0.39 is 99.1 Å². The molecule has 3 aliphatic heterocycles. The molecule has 12 atom stereocenters. The van der Waals surface area contributed by atoms with Gasteiger partial charge in [0.05, 0.1) is 26.1 Å². The molecule has 3 aliphatic rings. The number of hydrogen-bond acceptors (Lipinski definition) is 20. The van der Waals surface area contributed by atoms with Crippen LogP contribution < -0.4 is 17.0 Å². The van der Waals surface area contributed by atoms with Gasteiger partial charge in [-0.2, -0.15) is 0 Å². The van der Waals surface area contributed by atoms with Crippen LogP contribution >= 0.6 is 24.4 Å². The molecule has 7 heterocycles. The van der Waals surface area contributed by atoms with Crippen LogP contribution in [-0.2, 0) is 14.2 Å². The van der Waals surface area contributed by atoms with Crippen molar-refractivity contribution in [1.29, 1.82) is 0 Å². The summed E-state index contributed by atoms with van der Waals surface area (Å²) in [6, 6.07) is 2.69. The zero-order valence-corrected chi connectivity index (χ0v) is 29.7. The maximum absolute atomic E-state index is 11.6. The number of fused-ring (bicyclic) bond motifs is 1. The van der Waals surface area contributed by atoms with Crippen molar-refractivity contribution < 1.29 is 60.2 Å². The van der Waals surface area contributed by atoms with E-state index in [0.717, 1.165) is 4.57 Å². The van der Waals surface area contributed by atoms with E-state index in [9.17, 15) is 40.2 Å². The fraction of sp³-hybridized carbons (Fsp3) is 0.552. The van der Waals surface area contributed by atoms with Crippen LogP contribution in [0, 0.1) is 16.3 Å². The maximum atomic E-state index is 11.6. The molecular formula is C29H39N9O14S2. The molecule has 3 fully saturated rings. The van der Waals surface area contributed by atoms with Crippen LogP contribution in [0.2, 0.25) is 0 Å². The lowest BCUT2D eigenvalue weighted by Gasteiger charge is -2.17. The Hall–Kier alpha value is -3.93. The summed E-state index contributed by atoms with van der Waals surface area (Å²) in [7, 11) is 0. The molecule has 25 heteroatoms. The first kappa shape index (κ1) is 41.2. The number of aliphatic hydroxyl groups excluding tert-OH is 9. The largest absolute Gasteiger partial charge is 0.394 e. The zero-order chi connectivity index (χ0) is 39.6. The van der Waals surface area contributed by atoms with Gasteiger partial charge in [-0.15, -0.1) is 0 Å². The third kappa shape index (κ3) is 8.33. The lowest BCUT2D eigenvalue weighted by molar-refractivity contribution is -0.0550. The van der Waals surface area contributed by atoms with Gasteiger partial charge in [-0.25, -0.2) is 19.7 Å². The molecule has 0 spiro atoms. The van der Waals surface area contributed by atoms with Crippen molar-refractivity contribution in [3.8, 4) is 0 Å². The third-order valence-electron chi connectivity index (χ3n) is 8.64. The predicted molar refractivity (Wildman–Crippen MR) is 185 cm³/mol. The summed E-state index contributed by atoms with van der Waals surface area (Å²) in [6.07, 6.45) is -8.66. The Labute approximate surface area is 312 Å². The van der Waals surface area contributed by atoms with Crippen LogP contribution in [0.25, 0.3) is 11.2 Å². The molecular weight excluding hydrogens is 763 g/mol. The predicted octanol–water partition coefficient (Wildman–Crippen LogP) is -4.64. The van der Waals surface area contributed by atoms with E-state index in [1.807, 2.05) is 0 Å². The van der Waals surface area contributed by atoms with E-state index in [-0.39, 0.29) is 20.8 Å². The molecule has 23 nitrogen and oxygen atoms in total. The first-order chi connectivity index (χ1) is 25.6. The van der Waals surface area contributed by atoms with E-state index in [0.29, 0.717) is 17.0 Å². The average molecular weight is 802 g/mol. The third-order valence-corrected chi connectivity index (χ3v) is 9.19. The van der Waals surface area contributed by atoms with Gasteiger partial charge < -0.3 is 65.9 Å². The summed E-state index contributed by atoms with van der Waals surface area (Å²) < 4.78 is 20.1. The van der Waals surface area contributed by atoms with Crippen molar-refractivity contribution >= 4 is 41.4 Å². The molecule has 0 bridgehead atoms. The van der Waals surface area contributed by atoms with Crippen LogP contribution in [0.5, 0.6) is 0 Å². The first-order valence-electron chi connectivity index (χ1n) is 16.1. The number of nitrogens with two attached hydrogens (primary N) is 1. The highest BCUT2D eigenvalue weighted by atomic mass is 32.1. The topological polar surface area (TPSA) is 355 Å². The number of aliphatic hydroxyl groups is 9. The highest BCUT2D eigenvalue weighted by Crippen LogP contribution is 2.32. The summed E-state index contributed by atoms with van der Waals surface area (Å²) in [4.78, 5) is 39.6.